The molecule has 0 aliphatic heterocycles. The molecule has 0 radical (unpaired) electrons. The van der Waals surface area contributed by atoms with E-state index in [0.717, 1.165) is 63.7 Å². The van der Waals surface area contributed by atoms with E-state index in [0.29, 0.717) is 19.3 Å². The standard InChI is InChI=1S/C43H82O6/c1-5-7-9-11-13-15-17-18-20-22-28-32-36-43(46)49-40(38-48-42(45)35-31-27-24-23-25-29-33-39(3)4)37-47-41(44)34-30-26-21-19-16-14-12-10-8-6-2/h39-40H,5-38H2,1-4H3/t40-/m1/s1. The minimum atomic E-state index is -0.758. The lowest BCUT2D eigenvalue weighted by atomic mass is 10.0. The fourth-order valence-corrected chi connectivity index (χ4v) is 6.27. The van der Waals surface area contributed by atoms with Crippen LogP contribution in [0.1, 0.15) is 233 Å². The third kappa shape index (κ3) is 37.5. The van der Waals surface area contributed by atoms with E-state index in [9.17, 15) is 14.4 Å². The highest BCUT2D eigenvalue weighted by Gasteiger charge is 2.19. The number of hydrogen-bond acceptors (Lipinski definition) is 6. The largest absolute Gasteiger partial charge is 0.462 e. The highest BCUT2D eigenvalue weighted by Crippen LogP contribution is 2.15. The molecule has 0 rings (SSSR count). The maximum Gasteiger partial charge on any atom is 0.306 e. The first-order chi connectivity index (χ1) is 23.9. The van der Waals surface area contributed by atoms with Gasteiger partial charge in [0, 0.05) is 19.3 Å². The first-order valence-electron chi connectivity index (χ1n) is 21.4. The molecule has 0 aromatic carbocycles. The van der Waals surface area contributed by atoms with E-state index in [4.69, 9.17) is 14.2 Å². The second-order valence-corrected chi connectivity index (χ2v) is 15.1. The van der Waals surface area contributed by atoms with E-state index in [1.807, 2.05) is 0 Å². The predicted octanol–water partition coefficient (Wildman–Crippen LogP) is 13.2. The van der Waals surface area contributed by atoms with Gasteiger partial charge < -0.3 is 14.2 Å². The van der Waals surface area contributed by atoms with E-state index in [1.54, 1.807) is 0 Å². The van der Waals surface area contributed by atoms with Crippen molar-refractivity contribution < 1.29 is 28.6 Å². The first-order valence-corrected chi connectivity index (χ1v) is 21.4. The summed E-state index contributed by atoms with van der Waals surface area (Å²) in [5.74, 6) is -0.101. The molecule has 0 aromatic heterocycles. The Labute approximate surface area is 304 Å². The van der Waals surface area contributed by atoms with Gasteiger partial charge >= 0.3 is 17.9 Å². The highest BCUT2D eigenvalue weighted by atomic mass is 16.6. The lowest BCUT2D eigenvalue weighted by Gasteiger charge is -2.18. The smallest absolute Gasteiger partial charge is 0.306 e. The Bertz CT molecular complexity index is 736. The molecule has 0 spiro atoms. The van der Waals surface area contributed by atoms with Gasteiger partial charge in [0.25, 0.3) is 0 Å². The van der Waals surface area contributed by atoms with Gasteiger partial charge in [-0.05, 0) is 25.2 Å². The monoisotopic (exact) mass is 695 g/mol. The third-order valence-electron chi connectivity index (χ3n) is 9.54. The van der Waals surface area contributed by atoms with Crippen LogP contribution in [-0.2, 0) is 28.6 Å². The molecule has 0 amide bonds. The van der Waals surface area contributed by atoms with Gasteiger partial charge in [-0.25, -0.2) is 0 Å². The maximum atomic E-state index is 12.6. The van der Waals surface area contributed by atoms with Gasteiger partial charge in [0.15, 0.2) is 6.10 Å². The van der Waals surface area contributed by atoms with Crippen molar-refractivity contribution in [2.45, 2.75) is 239 Å². The molecule has 6 heteroatoms. The minimum absolute atomic E-state index is 0.0650. The van der Waals surface area contributed by atoms with Crippen molar-refractivity contribution >= 4 is 17.9 Å². The van der Waals surface area contributed by atoms with Crippen LogP contribution in [0.15, 0.2) is 0 Å². The number of ether oxygens (including phenoxy) is 3. The Morgan fingerprint density at radius 3 is 1.00 bits per heavy atom. The summed E-state index contributed by atoms with van der Waals surface area (Å²) < 4.78 is 16.6. The molecule has 290 valence electrons. The summed E-state index contributed by atoms with van der Waals surface area (Å²) in [5, 5.41) is 0. The maximum absolute atomic E-state index is 12.6. The number of carbonyl (C=O) groups excluding carboxylic acids is 3. The fraction of sp³-hybridized carbons (Fsp3) is 0.930. The number of rotatable bonds is 38. The summed E-state index contributed by atoms with van der Waals surface area (Å²) >= 11 is 0. The number of carbonyl (C=O) groups is 3. The molecule has 0 aromatic rings. The van der Waals surface area contributed by atoms with Crippen LogP contribution in [0.2, 0.25) is 0 Å². The Morgan fingerprint density at radius 2 is 0.673 bits per heavy atom. The van der Waals surface area contributed by atoms with Crippen LogP contribution in [0, 0.1) is 5.92 Å². The zero-order chi connectivity index (χ0) is 36.0. The van der Waals surface area contributed by atoms with Gasteiger partial charge in [0.1, 0.15) is 13.2 Å². The molecule has 0 aliphatic carbocycles. The Hall–Kier alpha value is -1.59. The molecular formula is C43H82O6. The van der Waals surface area contributed by atoms with Crippen molar-refractivity contribution in [2.75, 3.05) is 13.2 Å². The fourth-order valence-electron chi connectivity index (χ4n) is 6.27. The first kappa shape index (κ1) is 47.4. The molecule has 0 unspecified atom stereocenters. The summed E-state index contributed by atoms with van der Waals surface area (Å²) in [6.07, 6.45) is 35.2. The summed E-state index contributed by atoms with van der Waals surface area (Å²) in [5.41, 5.74) is 0. The van der Waals surface area contributed by atoms with Gasteiger partial charge in [0.2, 0.25) is 0 Å². The predicted molar refractivity (Wildman–Crippen MR) is 206 cm³/mol. The zero-order valence-corrected chi connectivity index (χ0v) is 33.1. The van der Waals surface area contributed by atoms with Crippen LogP contribution in [-0.4, -0.2) is 37.2 Å². The van der Waals surface area contributed by atoms with E-state index in [-0.39, 0.29) is 31.1 Å². The second kappa shape index (κ2) is 37.7. The summed E-state index contributed by atoms with van der Waals surface area (Å²) in [6, 6.07) is 0. The molecule has 0 fully saturated rings. The number of hydrogen-bond donors (Lipinski definition) is 0. The minimum Gasteiger partial charge on any atom is -0.462 e. The van der Waals surface area contributed by atoms with E-state index in [2.05, 4.69) is 27.7 Å². The SMILES string of the molecule is CCCCCCCCCCCCCCC(=O)O[C@H](COC(=O)CCCCCCCCCCCC)COC(=O)CCCCCCCCC(C)C. The summed E-state index contributed by atoms with van der Waals surface area (Å²) in [4.78, 5) is 37.5. The molecule has 0 heterocycles. The van der Waals surface area contributed by atoms with Gasteiger partial charge in [-0.1, -0.05) is 195 Å². The lowest BCUT2D eigenvalue weighted by molar-refractivity contribution is -0.167. The van der Waals surface area contributed by atoms with Crippen LogP contribution in [0.4, 0.5) is 0 Å². The van der Waals surface area contributed by atoms with E-state index < -0.39 is 6.10 Å². The summed E-state index contributed by atoms with van der Waals surface area (Å²) in [6.45, 7) is 8.90. The van der Waals surface area contributed by atoms with Crippen LogP contribution in [0.5, 0.6) is 0 Å². The van der Waals surface area contributed by atoms with Crippen LogP contribution in [0.25, 0.3) is 0 Å². The molecule has 6 nitrogen and oxygen atoms in total. The highest BCUT2D eigenvalue weighted by molar-refractivity contribution is 5.71. The van der Waals surface area contributed by atoms with Crippen molar-refractivity contribution in [1.29, 1.82) is 0 Å². The van der Waals surface area contributed by atoms with Crippen molar-refractivity contribution in [2.24, 2.45) is 5.92 Å². The van der Waals surface area contributed by atoms with Gasteiger partial charge in [0.05, 0.1) is 0 Å². The van der Waals surface area contributed by atoms with Crippen molar-refractivity contribution in [3.63, 3.8) is 0 Å². The second-order valence-electron chi connectivity index (χ2n) is 15.1. The van der Waals surface area contributed by atoms with E-state index >= 15 is 0 Å². The topological polar surface area (TPSA) is 78.9 Å². The van der Waals surface area contributed by atoms with Crippen molar-refractivity contribution in [3.8, 4) is 0 Å². The third-order valence-corrected chi connectivity index (χ3v) is 9.54. The van der Waals surface area contributed by atoms with Crippen LogP contribution < -0.4 is 0 Å². The Balaban J connectivity index is 4.34. The van der Waals surface area contributed by atoms with Crippen molar-refractivity contribution in [3.05, 3.63) is 0 Å². The molecule has 0 saturated heterocycles. The Morgan fingerprint density at radius 1 is 0.388 bits per heavy atom. The Kier molecular flexibility index (Phi) is 36.4. The van der Waals surface area contributed by atoms with Crippen molar-refractivity contribution in [1.82, 2.24) is 0 Å². The molecule has 0 saturated carbocycles. The number of esters is 3. The van der Waals surface area contributed by atoms with Crippen LogP contribution >= 0.6 is 0 Å². The van der Waals surface area contributed by atoms with Gasteiger partial charge in [-0.2, -0.15) is 0 Å². The molecule has 49 heavy (non-hydrogen) atoms. The number of unbranched alkanes of at least 4 members (excludes halogenated alkanes) is 25. The molecular weight excluding hydrogens is 612 g/mol. The summed E-state index contributed by atoms with van der Waals surface area (Å²) in [7, 11) is 0. The average Bonchev–Trinajstić information content (AvgIpc) is 3.08. The van der Waals surface area contributed by atoms with Gasteiger partial charge in [-0.3, -0.25) is 14.4 Å². The molecule has 0 aliphatic rings. The quantitative estimate of drug-likeness (QED) is 0.0364. The van der Waals surface area contributed by atoms with E-state index in [1.165, 1.54) is 128 Å². The lowest BCUT2D eigenvalue weighted by Crippen LogP contribution is -2.30. The molecule has 0 bridgehead atoms. The molecule has 0 N–H and O–H groups in total. The average molecular weight is 695 g/mol. The zero-order valence-electron chi connectivity index (χ0n) is 33.1. The molecule has 1 atom stereocenters. The van der Waals surface area contributed by atoms with Crippen LogP contribution in [0.3, 0.4) is 0 Å². The normalized spacial score (nSPS) is 11.9. The van der Waals surface area contributed by atoms with Gasteiger partial charge in [-0.15, -0.1) is 0 Å².